The van der Waals surface area contributed by atoms with Crippen molar-refractivity contribution in [3.63, 3.8) is 0 Å². The number of rotatable bonds is 3. The second-order valence-electron chi connectivity index (χ2n) is 5.35. The highest BCUT2D eigenvalue weighted by molar-refractivity contribution is 6.30. The molecule has 0 bridgehead atoms. The number of hydrazine groups is 1. The van der Waals surface area contributed by atoms with Gasteiger partial charge in [0.05, 0.1) is 5.54 Å². The molecule has 0 heterocycles. The molecule has 0 saturated heterocycles. The molecule has 0 aliphatic heterocycles. The summed E-state index contributed by atoms with van der Waals surface area (Å²) in [6.07, 6.45) is 1.64. The number of nitrogens with one attached hydrogen (secondary N) is 1. The van der Waals surface area contributed by atoms with E-state index in [1.54, 1.807) is 24.3 Å². The molecule has 1 N–H and O–H groups in total. The number of benzene rings is 1. The summed E-state index contributed by atoms with van der Waals surface area (Å²) in [6.45, 7) is 9.03. The van der Waals surface area contributed by atoms with Crippen LogP contribution in [0.2, 0.25) is 5.02 Å². The largest absolute Gasteiger partial charge is 0.273 e. The molecule has 0 atom stereocenters. The fourth-order valence-corrected chi connectivity index (χ4v) is 1.67. The summed E-state index contributed by atoms with van der Waals surface area (Å²) in [4.78, 5) is 24.2. The van der Waals surface area contributed by atoms with Gasteiger partial charge in [-0.05, 0) is 45.0 Å². The van der Waals surface area contributed by atoms with E-state index in [1.807, 2.05) is 20.8 Å². The molecule has 5 heteroatoms. The van der Waals surface area contributed by atoms with Crippen LogP contribution < -0.4 is 5.43 Å². The zero-order valence-corrected chi connectivity index (χ0v) is 12.7. The van der Waals surface area contributed by atoms with Crippen molar-refractivity contribution in [2.45, 2.75) is 32.7 Å². The first-order chi connectivity index (χ1) is 9.25. The van der Waals surface area contributed by atoms with Crippen molar-refractivity contribution in [3.05, 3.63) is 47.5 Å². The highest BCUT2D eigenvalue weighted by Gasteiger charge is 2.28. The molecule has 1 aromatic rings. The Balaban J connectivity index is 2.99. The van der Waals surface area contributed by atoms with Gasteiger partial charge in [-0.15, -0.1) is 6.58 Å². The standard InChI is InChI=1S/C15H19ClN2O2/c1-5-6-13(19)17-18(15(2,3)4)14(20)11-7-9-12(16)10-8-11/h5,7-10H,1,6H2,2-4H3,(H,17,19). The summed E-state index contributed by atoms with van der Waals surface area (Å²) in [5.74, 6) is -0.566. The Hall–Kier alpha value is -1.81. The Bertz CT molecular complexity index is 504. The van der Waals surface area contributed by atoms with Gasteiger partial charge in [-0.3, -0.25) is 15.0 Å². The van der Waals surface area contributed by atoms with Gasteiger partial charge in [0.25, 0.3) is 5.91 Å². The number of halogens is 1. The van der Waals surface area contributed by atoms with Gasteiger partial charge in [0, 0.05) is 17.0 Å². The number of amides is 2. The highest BCUT2D eigenvalue weighted by atomic mass is 35.5. The number of nitrogens with zero attached hydrogens (tertiary/aromatic N) is 1. The van der Waals surface area contributed by atoms with E-state index in [9.17, 15) is 9.59 Å². The fourth-order valence-electron chi connectivity index (χ4n) is 1.55. The summed E-state index contributed by atoms with van der Waals surface area (Å²) in [5, 5.41) is 1.88. The Morgan fingerprint density at radius 1 is 1.30 bits per heavy atom. The van der Waals surface area contributed by atoms with Gasteiger partial charge < -0.3 is 0 Å². The summed E-state index contributed by atoms with van der Waals surface area (Å²) in [5.41, 5.74) is 2.52. The smallest absolute Gasteiger partial charge is 0.272 e. The molecule has 4 nitrogen and oxygen atoms in total. The number of hydrogen-bond acceptors (Lipinski definition) is 2. The molecule has 0 saturated carbocycles. The van der Waals surface area contributed by atoms with Crippen molar-refractivity contribution in [3.8, 4) is 0 Å². The van der Waals surface area contributed by atoms with Crippen LogP contribution in [0.15, 0.2) is 36.9 Å². The summed E-state index contributed by atoms with van der Waals surface area (Å²) >= 11 is 5.81. The minimum absolute atomic E-state index is 0.153. The zero-order chi connectivity index (χ0) is 15.3. The van der Waals surface area contributed by atoms with Crippen molar-refractivity contribution in [1.82, 2.24) is 10.4 Å². The van der Waals surface area contributed by atoms with Gasteiger partial charge in [-0.2, -0.15) is 0 Å². The quantitative estimate of drug-likeness (QED) is 0.687. The molecule has 0 aliphatic carbocycles. The van der Waals surface area contributed by atoms with Crippen LogP contribution in [0.4, 0.5) is 0 Å². The minimum atomic E-state index is -0.548. The molecule has 1 aromatic carbocycles. The van der Waals surface area contributed by atoms with E-state index in [1.165, 1.54) is 11.1 Å². The molecule has 0 spiro atoms. The van der Waals surface area contributed by atoms with Crippen LogP contribution in [0, 0.1) is 0 Å². The van der Waals surface area contributed by atoms with Gasteiger partial charge in [0.15, 0.2) is 0 Å². The SMILES string of the molecule is C=CCC(=O)NN(C(=O)c1ccc(Cl)cc1)C(C)(C)C. The molecule has 0 fully saturated rings. The molecule has 20 heavy (non-hydrogen) atoms. The molecule has 0 aromatic heterocycles. The van der Waals surface area contributed by atoms with Crippen molar-refractivity contribution in [2.24, 2.45) is 0 Å². The lowest BCUT2D eigenvalue weighted by Crippen LogP contribution is -2.55. The van der Waals surface area contributed by atoms with Gasteiger partial charge >= 0.3 is 0 Å². The van der Waals surface area contributed by atoms with Gasteiger partial charge in [0.2, 0.25) is 5.91 Å². The van der Waals surface area contributed by atoms with Gasteiger partial charge in [-0.1, -0.05) is 17.7 Å². The second-order valence-corrected chi connectivity index (χ2v) is 5.78. The van der Waals surface area contributed by atoms with E-state index in [2.05, 4.69) is 12.0 Å². The first-order valence-corrected chi connectivity index (χ1v) is 6.64. The molecule has 0 aliphatic rings. The molecule has 108 valence electrons. The summed E-state index contributed by atoms with van der Waals surface area (Å²) in [6, 6.07) is 6.54. The van der Waals surface area contributed by atoms with Crippen LogP contribution in [0.1, 0.15) is 37.6 Å². The minimum Gasteiger partial charge on any atom is -0.273 e. The van der Waals surface area contributed by atoms with Crippen molar-refractivity contribution >= 4 is 23.4 Å². The van der Waals surface area contributed by atoms with Gasteiger partial charge in [0.1, 0.15) is 0 Å². The van der Waals surface area contributed by atoms with Crippen LogP contribution in [0.5, 0.6) is 0 Å². The molecular formula is C15H19ClN2O2. The van der Waals surface area contributed by atoms with E-state index in [4.69, 9.17) is 11.6 Å². The second kappa shape index (κ2) is 6.57. The predicted molar refractivity (Wildman–Crippen MR) is 80.3 cm³/mol. The van der Waals surface area contributed by atoms with Crippen LogP contribution in [-0.2, 0) is 4.79 Å². The third-order valence-electron chi connectivity index (χ3n) is 2.53. The maximum atomic E-state index is 12.5. The topological polar surface area (TPSA) is 49.4 Å². The fraction of sp³-hybridized carbons (Fsp3) is 0.333. The first kappa shape index (κ1) is 16.2. The molecule has 1 rings (SSSR count). The lowest BCUT2D eigenvalue weighted by Gasteiger charge is -2.35. The Kier molecular flexibility index (Phi) is 5.34. The average molecular weight is 295 g/mol. The van der Waals surface area contributed by atoms with E-state index in [0.717, 1.165) is 0 Å². The monoisotopic (exact) mass is 294 g/mol. The van der Waals surface area contributed by atoms with E-state index in [-0.39, 0.29) is 18.2 Å². The van der Waals surface area contributed by atoms with E-state index >= 15 is 0 Å². The summed E-state index contributed by atoms with van der Waals surface area (Å²) in [7, 11) is 0. The Morgan fingerprint density at radius 3 is 2.30 bits per heavy atom. The number of carbonyl (C=O) groups is 2. The van der Waals surface area contributed by atoms with Crippen LogP contribution >= 0.6 is 11.6 Å². The Labute approximate surface area is 124 Å². The lowest BCUT2D eigenvalue weighted by molar-refractivity contribution is -0.126. The predicted octanol–water partition coefficient (Wildman–Crippen LogP) is 3.19. The molecule has 2 amide bonds. The lowest BCUT2D eigenvalue weighted by atomic mass is 10.1. The highest BCUT2D eigenvalue weighted by Crippen LogP contribution is 2.17. The van der Waals surface area contributed by atoms with Crippen LogP contribution in [-0.4, -0.2) is 22.4 Å². The first-order valence-electron chi connectivity index (χ1n) is 6.26. The summed E-state index contributed by atoms with van der Waals surface area (Å²) < 4.78 is 0. The third-order valence-corrected chi connectivity index (χ3v) is 2.78. The normalized spacial score (nSPS) is 10.8. The van der Waals surface area contributed by atoms with Crippen LogP contribution in [0.25, 0.3) is 0 Å². The van der Waals surface area contributed by atoms with Crippen LogP contribution in [0.3, 0.4) is 0 Å². The Morgan fingerprint density at radius 2 is 1.85 bits per heavy atom. The van der Waals surface area contributed by atoms with Crippen molar-refractivity contribution in [2.75, 3.05) is 0 Å². The van der Waals surface area contributed by atoms with E-state index < -0.39 is 5.54 Å². The molecule has 0 unspecified atom stereocenters. The molecule has 0 radical (unpaired) electrons. The molecular weight excluding hydrogens is 276 g/mol. The number of carbonyl (C=O) groups excluding carboxylic acids is 2. The zero-order valence-electron chi connectivity index (χ0n) is 11.9. The van der Waals surface area contributed by atoms with E-state index in [0.29, 0.717) is 10.6 Å². The van der Waals surface area contributed by atoms with Gasteiger partial charge in [-0.25, -0.2) is 5.01 Å². The maximum absolute atomic E-state index is 12.5. The third kappa shape index (κ3) is 4.38. The van der Waals surface area contributed by atoms with Crippen molar-refractivity contribution in [1.29, 1.82) is 0 Å². The average Bonchev–Trinajstić information content (AvgIpc) is 2.35. The van der Waals surface area contributed by atoms with Crippen molar-refractivity contribution < 1.29 is 9.59 Å². The number of hydrogen-bond donors (Lipinski definition) is 1. The maximum Gasteiger partial charge on any atom is 0.272 e.